The fourth-order valence-electron chi connectivity index (χ4n) is 1.46. The molecule has 0 radical (unpaired) electrons. The highest BCUT2D eigenvalue weighted by Gasteiger charge is 2.27. The van der Waals surface area contributed by atoms with E-state index < -0.39 is 38.2 Å². The van der Waals surface area contributed by atoms with Gasteiger partial charge in [0.1, 0.15) is 4.90 Å². The number of sulfonamides is 1. The zero-order valence-electron chi connectivity index (χ0n) is 9.70. The van der Waals surface area contributed by atoms with Crippen LogP contribution in [0.25, 0.3) is 0 Å². The largest absolute Gasteiger partial charge is 0.280 e. The molecule has 0 saturated heterocycles. The van der Waals surface area contributed by atoms with Crippen molar-refractivity contribution < 1.29 is 26.0 Å². The highest BCUT2D eigenvalue weighted by Crippen LogP contribution is 2.24. The van der Waals surface area contributed by atoms with Crippen LogP contribution in [0.1, 0.15) is 0 Å². The van der Waals surface area contributed by atoms with Gasteiger partial charge in [-0.05, 0) is 12.1 Å². The summed E-state index contributed by atoms with van der Waals surface area (Å²) in [6.45, 7) is 0. The molecule has 0 heterocycles. The summed E-state index contributed by atoms with van der Waals surface area (Å²) < 4.78 is 77.9. The first-order valence-corrected chi connectivity index (χ1v) is 6.72. The van der Waals surface area contributed by atoms with Crippen LogP contribution in [0.4, 0.5) is 23.2 Å². The van der Waals surface area contributed by atoms with Gasteiger partial charge in [-0.3, -0.25) is 4.72 Å². The van der Waals surface area contributed by atoms with Crippen molar-refractivity contribution in [2.24, 2.45) is 0 Å². The smallest absolute Gasteiger partial charge is 0.265 e. The molecule has 0 fully saturated rings. The highest BCUT2D eigenvalue weighted by molar-refractivity contribution is 7.92. The highest BCUT2D eigenvalue weighted by atomic mass is 32.2. The third kappa shape index (κ3) is 2.60. The van der Waals surface area contributed by atoms with Crippen LogP contribution in [0.15, 0.2) is 41.3 Å². The predicted molar refractivity (Wildman–Crippen MR) is 63.5 cm³/mol. The number of benzene rings is 2. The molecule has 8 heteroatoms. The molecule has 0 saturated carbocycles. The minimum absolute atomic E-state index is 0.0667. The minimum atomic E-state index is -4.58. The van der Waals surface area contributed by atoms with E-state index in [4.69, 9.17) is 0 Å². The Morgan fingerprint density at radius 3 is 2.05 bits per heavy atom. The maximum absolute atomic E-state index is 13.4. The number of halogens is 4. The molecule has 0 amide bonds. The van der Waals surface area contributed by atoms with E-state index in [0.29, 0.717) is 0 Å². The van der Waals surface area contributed by atoms with Crippen molar-refractivity contribution in [3.8, 4) is 0 Å². The number of hydrogen-bond acceptors (Lipinski definition) is 2. The van der Waals surface area contributed by atoms with Crippen LogP contribution in [0, 0.1) is 23.3 Å². The molecule has 0 aliphatic carbocycles. The second-order valence-corrected chi connectivity index (χ2v) is 5.42. The molecule has 1 N–H and O–H groups in total. The van der Waals surface area contributed by atoms with Gasteiger partial charge in [0.25, 0.3) is 10.0 Å². The molecule has 106 valence electrons. The monoisotopic (exact) mass is 305 g/mol. The van der Waals surface area contributed by atoms with Gasteiger partial charge in [-0.25, -0.2) is 26.0 Å². The van der Waals surface area contributed by atoms with Crippen molar-refractivity contribution in [2.75, 3.05) is 4.72 Å². The molecule has 0 aromatic heterocycles. The summed E-state index contributed by atoms with van der Waals surface area (Å²) in [6, 6.07) is 7.39. The van der Waals surface area contributed by atoms with Crippen molar-refractivity contribution in [1.82, 2.24) is 0 Å². The van der Waals surface area contributed by atoms with Crippen molar-refractivity contribution in [2.45, 2.75) is 4.90 Å². The maximum Gasteiger partial charge on any atom is 0.265 e. The van der Waals surface area contributed by atoms with E-state index >= 15 is 0 Å². The fourth-order valence-corrected chi connectivity index (χ4v) is 2.60. The summed E-state index contributed by atoms with van der Waals surface area (Å²) in [5, 5.41) is 0. The van der Waals surface area contributed by atoms with Crippen LogP contribution in [0.2, 0.25) is 0 Å². The topological polar surface area (TPSA) is 46.2 Å². The lowest BCUT2D eigenvalue weighted by atomic mass is 10.3. The van der Waals surface area contributed by atoms with Gasteiger partial charge in [0, 0.05) is 11.8 Å². The van der Waals surface area contributed by atoms with E-state index in [9.17, 15) is 26.0 Å². The number of rotatable bonds is 3. The summed E-state index contributed by atoms with van der Waals surface area (Å²) in [5.74, 6) is -8.02. The normalized spacial score (nSPS) is 11.4. The zero-order chi connectivity index (χ0) is 14.9. The van der Waals surface area contributed by atoms with Crippen molar-refractivity contribution in [1.29, 1.82) is 0 Å². The lowest BCUT2D eigenvalue weighted by Crippen LogP contribution is -2.16. The van der Waals surface area contributed by atoms with Gasteiger partial charge in [0.15, 0.2) is 23.3 Å². The average Bonchev–Trinajstić information content (AvgIpc) is 2.41. The molecule has 2 aromatic carbocycles. The number of hydrogen-bond donors (Lipinski definition) is 1. The average molecular weight is 305 g/mol. The Morgan fingerprint density at radius 1 is 0.850 bits per heavy atom. The van der Waals surface area contributed by atoms with Gasteiger partial charge < -0.3 is 0 Å². The molecule has 0 aliphatic rings. The Balaban J connectivity index is 2.51. The standard InChI is InChI=1S/C12H7F4NO2S/c13-8-6-9(11(15)12(16)10(8)14)20(18,19)17-7-4-2-1-3-5-7/h1-6,17H. The SMILES string of the molecule is O=S(=O)(Nc1ccccc1)c1cc(F)c(F)c(F)c1F. The van der Waals surface area contributed by atoms with Crippen LogP contribution in [0.5, 0.6) is 0 Å². The van der Waals surface area contributed by atoms with E-state index in [1.165, 1.54) is 24.3 Å². The van der Waals surface area contributed by atoms with Crippen molar-refractivity contribution in [3.05, 3.63) is 59.7 Å². The van der Waals surface area contributed by atoms with E-state index in [-0.39, 0.29) is 11.8 Å². The molecule has 20 heavy (non-hydrogen) atoms. The molecular weight excluding hydrogens is 298 g/mol. The second kappa shape index (κ2) is 5.12. The fraction of sp³-hybridized carbons (Fsp3) is 0. The number of anilines is 1. The van der Waals surface area contributed by atoms with E-state index in [1.54, 1.807) is 6.07 Å². The Labute approximate surface area is 111 Å². The Hall–Kier alpha value is -2.09. The first kappa shape index (κ1) is 14.3. The van der Waals surface area contributed by atoms with E-state index in [0.717, 1.165) is 0 Å². The van der Waals surface area contributed by atoms with Gasteiger partial charge in [-0.1, -0.05) is 18.2 Å². The summed E-state index contributed by atoms with van der Waals surface area (Å²) >= 11 is 0. The lowest BCUT2D eigenvalue weighted by molar-refractivity contribution is 0.396. The predicted octanol–water partition coefficient (Wildman–Crippen LogP) is 3.04. The van der Waals surface area contributed by atoms with Crippen LogP contribution < -0.4 is 4.72 Å². The number of para-hydroxylation sites is 1. The molecule has 0 bridgehead atoms. The second-order valence-electron chi connectivity index (χ2n) is 3.77. The summed E-state index contributed by atoms with van der Waals surface area (Å²) in [6.07, 6.45) is 0. The van der Waals surface area contributed by atoms with Gasteiger partial charge in [0.05, 0.1) is 0 Å². The third-order valence-electron chi connectivity index (χ3n) is 2.38. The molecule has 0 aliphatic heterocycles. The first-order valence-electron chi connectivity index (χ1n) is 5.24. The van der Waals surface area contributed by atoms with Crippen molar-refractivity contribution in [3.63, 3.8) is 0 Å². The van der Waals surface area contributed by atoms with Crippen LogP contribution >= 0.6 is 0 Å². The first-order chi connectivity index (χ1) is 9.33. The van der Waals surface area contributed by atoms with Gasteiger partial charge in [-0.2, -0.15) is 0 Å². The molecule has 0 atom stereocenters. The Bertz CT molecular complexity index is 748. The third-order valence-corrected chi connectivity index (χ3v) is 3.77. The van der Waals surface area contributed by atoms with Gasteiger partial charge in [-0.15, -0.1) is 0 Å². The van der Waals surface area contributed by atoms with E-state index in [2.05, 4.69) is 0 Å². The Morgan fingerprint density at radius 2 is 1.45 bits per heavy atom. The van der Waals surface area contributed by atoms with Crippen LogP contribution in [-0.4, -0.2) is 8.42 Å². The molecule has 0 spiro atoms. The zero-order valence-corrected chi connectivity index (χ0v) is 10.5. The van der Waals surface area contributed by atoms with Gasteiger partial charge in [0.2, 0.25) is 0 Å². The van der Waals surface area contributed by atoms with Crippen LogP contribution in [0.3, 0.4) is 0 Å². The maximum atomic E-state index is 13.4. The minimum Gasteiger partial charge on any atom is -0.280 e. The summed E-state index contributed by atoms with van der Waals surface area (Å²) in [7, 11) is -4.58. The summed E-state index contributed by atoms with van der Waals surface area (Å²) in [5.41, 5.74) is 0.0667. The van der Waals surface area contributed by atoms with Crippen molar-refractivity contribution >= 4 is 15.7 Å². The summed E-state index contributed by atoms with van der Waals surface area (Å²) in [4.78, 5) is -1.31. The lowest BCUT2D eigenvalue weighted by Gasteiger charge is -2.09. The van der Waals surface area contributed by atoms with E-state index in [1.807, 2.05) is 4.72 Å². The molecular formula is C12H7F4NO2S. The molecule has 2 rings (SSSR count). The van der Waals surface area contributed by atoms with Crippen LogP contribution in [-0.2, 0) is 10.0 Å². The molecule has 2 aromatic rings. The molecule has 3 nitrogen and oxygen atoms in total. The van der Waals surface area contributed by atoms with Gasteiger partial charge >= 0.3 is 0 Å². The number of nitrogens with one attached hydrogen (secondary N) is 1. The Kier molecular flexibility index (Phi) is 3.67. The quantitative estimate of drug-likeness (QED) is 0.538. The molecule has 0 unspecified atom stereocenters.